The summed E-state index contributed by atoms with van der Waals surface area (Å²) >= 11 is 0. The molecular formula is C13H27N. The minimum absolute atomic E-state index is 0.762. The van der Waals surface area contributed by atoms with Gasteiger partial charge in [0.2, 0.25) is 0 Å². The number of nitrogens with zero attached hydrogens (tertiary/aromatic N) is 1. The summed E-state index contributed by atoms with van der Waals surface area (Å²) in [5.41, 5.74) is 0. The van der Waals surface area contributed by atoms with Crippen molar-refractivity contribution >= 4 is 0 Å². The third-order valence-electron chi connectivity index (χ3n) is 3.66. The summed E-state index contributed by atoms with van der Waals surface area (Å²) in [7, 11) is 2.32. The quantitative estimate of drug-likeness (QED) is 0.664. The highest BCUT2D eigenvalue weighted by Crippen LogP contribution is 2.24. The minimum Gasteiger partial charge on any atom is -0.301 e. The molecule has 0 N–H and O–H groups in total. The molecule has 1 atom stereocenters. The van der Waals surface area contributed by atoms with Gasteiger partial charge in [0.25, 0.3) is 0 Å². The molecule has 0 aromatic carbocycles. The maximum absolute atomic E-state index is 2.62. The zero-order valence-corrected chi connectivity index (χ0v) is 10.4. The van der Waals surface area contributed by atoms with E-state index in [1.54, 1.807) is 0 Å². The predicted octanol–water partition coefficient (Wildman–Crippen LogP) is 3.69. The Kier molecular flexibility index (Phi) is 4.94. The second-order valence-electron chi connectivity index (χ2n) is 5.44. The van der Waals surface area contributed by atoms with Crippen molar-refractivity contribution in [3.8, 4) is 0 Å². The van der Waals surface area contributed by atoms with E-state index in [-0.39, 0.29) is 0 Å². The van der Waals surface area contributed by atoms with Gasteiger partial charge in [0.05, 0.1) is 0 Å². The number of hydrogen-bond donors (Lipinski definition) is 0. The molecule has 0 bridgehead atoms. The molecule has 0 aliphatic heterocycles. The average Bonchev–Trinajstić information content (AvgIpc) is 2.17. The van der Waals surface area contributed by atoms with Gasteiger partial charge < -0.3 is 4.90 Å². The standard InChI is InChI=1S/C13H27N/c1-11(2)10-12(3)14(4)13-8-6-5-7-9-13/h11-13H,5-10H2,1-4H3. The minimum atomic E-state index is 0.762. The Morgan fingerprint density at radius 1 is 1.07 bits per heavy atom. The van der Waals surface area contributed by atoms with E-state index in [2.05, 4.69) is 32.7 Å². The van der Waals surface area contributed by atoms with E-state index in [4.69, 9.17) is 0 Å². The van der Waals surface area contributed by atoms with Crippen LogP contribution in [0.4, 0.5) is 0 Å². The van der Waals surface area contributed by atoms with Crippen LogP contribution in [-0.2, 0) is 0 Å². The van der Waals surface area contributed by atoms with Gasteiger partial charge in [-0.05, 0) is 39.2 Å². The van der Waals surface area contributed by atoms with Gasteiger partial charge >= 0.3 is 0 Å². The molecule has 1 nitrogen and oxygen atoms in total. The van der Waals surface area contributed by atoms with Crippen LogP contribution >= 0.6 is 0 Å². The monoisotopic (exact) mass is 197 g/mol. The van der Waals surface area contributed by atoms with Gasteiger partial charge in [0, 0.05) is 12.1 Å². The molecule has 0 heterocycles. The van der Waals surface area contributed by atoms with Crippen molar-refractivity contribution in [2.45, 2.75) is 71.4 Å². The van der Waals surface area contributed by atoms with Gasteiger partial charge in [-0.15, -0.1) is 0 Å². The Bertz CT molecular complexity index is 147. The molecule has 1 aliphatic carbocycles. The van der Waals surface area contributed by atoms with E-state index in [1.165, 1.54) is 38.5 Å². The smallest absolute Gasteiger partial charge is 0.00950 e. The van der Waals surface area contributed by atoms with Gasteiger partial charge in [0.15, 0.2) is 0 Å². The second-order valence-corrected chi connectivity index (χ2v) is 5.44. The first kappa shape index (κ1) is 12.0. The molecule has 1 heteroatoms. The van der Waals surface area contributed by atoms with Crippen molar-refractivity contribution in [3.05, 3.63) is 0 Å². The Labute approximate surface area is 89.9 Å². The van der Waals surface area contributed by atoms with Gasteiger partial charge in [-0.2, -0.15) is 0 Å². The average molecular weight is 197 g/mol. The lowest BCUT2D eigenvalue weighted by atomic mass is 9.92. The summed E-state index contributed by atoms with van der Waals surface area (Å²) in [5, 5.41) is 0. The molecule has 1 saturated carbocycles. The fraction of sp³-hybridized carbons (Fsp3) is 1.00. The normalized spacial score (nSPS) is 21.9. The summed E-state index contributed by atoms with van der Waals surface area (Å²) < 4.78 is 0. The lowest BCUT2D eigenvalue weighted by molar-refractivity contribution is 0.132. The fourth-order valence-electron chi connectivity index (χ4n) is 2.70. The number of hydrogen-bond acceptors (Lipinski definition) is 1. The maximum atomic E-state index is 2.62. The van der Waals surface area contributed by atoms with Crippen LogP contribution in [0.3, 0.4) is 0 Å². The molecule has 0 spiro atoms. The molecule has 14 heavy (non-hydrogen) atoms. The predicted molar refractivity (Wildman–Crippen MR) is 63.6 cm³/mol. The van der Waals surface area contributed by atoms with Crippen LogP contribution in [0.5, 0.6) is 0 Å². The molecule has 1 fully saturated rings. The summed E-state index contributed by atoms with van der Waals surface area (Å²) in [4.78, 5) is 2.62. The Balaban J connectivity index is 2.33. The lowest BCUT2D eigenvalue weighted by Gasteiger charge is -2.36. The zero-order chi connectivity index (χ0) is 10.6. The van der Waals surface area contributed by atoms with Crippen LogP contribution in [0.15, 0.2) is 0 Å². The van der Waals surface area contributed by atoms with Crippen molar-refractivity contribution in [3.63, 3.8) is 0 Å². The van der Waals surface area contributed by atoms with E-state index in [9.17, 15) is 0 Å². The van der Waals surface area contributed by atoms with Crippen LogP contribution in [0, 0.1) is 5.92 Å². The first-order valence-corrected chi connectivity index (χ1v) is 6.33. The third-order valence-corrected chi connectivity index (χ3v) is 3.66. The van der Waals surface area contributed by atoms with Gasteiger partial charge in [0.1, 0.15) is 0 Å². The third kappa shape index (κ3) is 3.61. The topological polar surface area (TPSA) is 3.24 Å². The van der Waals surface area contributed by atoms with Gasteiger partial charge in [-0.3, -0.25) is 0 Å². The largest absolute Gasteiger partial charge is 0.301 e. The SMILES string of the molecule is CC(C)CC(C)N(C)C1CCCCC1. The molecule has 0 saturated heterocycles. The van der Waals surface area contributed by atoms with Crippen LogP contribution in [0.1, 0.15) is 59.3 Å². The second kappa shape index (κ2) is 5.75. The molecule has 0 amide bonds. The van der Waals surface area contributed by atoms with Crippen molar-refractivity contribution in [1.29, 1.82) is 0 Å². The van der Waals surface area contributed by atoms with Crippen LogP contribution in [0.25, 0.3) is 0 Å². The van der Waals surface area contributed by atoms with E-state index in [0.29, 0.717) is 0 Å². The van der Waals surface area contributed by atoms with Crippen molar-refractivity contribution in [2.75, 3.05) is 7.05 Å². The summed E-state index contributed by atoms with van der Waals surface area (Å²) in [6.45, 7) is 7.03. The molecule has 0 aromatic heterocycles. The highest BCUT2D eigenvalue weighted by atomic mass is 15.2. The lowest BCUT2D eigenvalue weighted by Crippen LogP contribution is -2.40. The van der Waals surface area contributed by atoms with Crippen LogP contribution < -0.4 is 0 Å². The van der Waals surface area contributed by atoms with E-state index in [0.717, 1.165) is 18.0 Å². The Hall–Kier alpha value is -0.0400. The van der Waals surface area contributed by atoms with Crippen LogP contribution in [-0.4, -0.2) is 24.0 Å². The highest BCUT2D eigenvalue weighted by molar-refractivity contribution is 4.77. The van der Waals surface area contributed by atoms with Gasteiger partial charge in [-0.1, -0.05) is 33.1 Å². The van der Waals surface area contributed by atoms with Crippen molar-refractivity contribution in [1.82, 2.24) is 4.90 Å². The van der Waals surface area contributed by atoms with Crippen molar-refractivity contribution in [2.24, 2.45) is 5.92 Å². The highest BCUT2D eigenvalue weighted by Gasteiger charge is 2.21. The Morgan fingerprint density at radius 3 is 2.14 bits per heavy atom. The van der Waals surface area contributed by atoms with E-state index < -0.39 is 0 Å². The molecule has 1 rings (SSSR count). The first-order chi connectivity index (χ1) is 6.61. The molecule has 84 valence electrons. The van der Waals surface area contributed by atoms with Gasteiger partial charge in [-0.25, -0.2) is 0 Å². The first-order valence-electron chi connectivity index (χ1n) is 6.33. The van der Waals surface area contributed by atoms with E-state index in [1.807, 2.05) is 0 Å². The number of rotatable bonds is 4. The molecule has 1 aliphatic rings. The molecule has 0 aromatic rings. The summed E-state index contributed by atoms with van der Waals surface area (Å²) in [6, 6.07) is 1.63. The Morgan fingerprint density at radius 2 is 1.64 bits per heavy atom. The van der Waals surface area contributed by atoms with Crippen LogP contribution in [0.2, 0.25) is 0 Å². The molecular weight excluding hydrogens is 170 g/mol. The molecule has 1 unspecified atom stereocenters. The zero-order valence-electron chi connectivity index (χ0n) is 10.4. The fourth-order valence-corrected chi connectivity index (χ4v) is 2.70. The maximum Gasteiger partial charge on any atom is 0.00950 e. The van der Waals surface area contributed by atoms with Crippen molar-refractivity contribution < 1.29 is 0 Å². The molecule has 0 radical (unpaired) electrons. The summed E-state index contributed by atoms with van der Waals surface area (Å²) in [6.07, 6.45) is 8.56. The van der Waals surface area contributed by atoms with E-state index >= 15 is 0 Å². The summed E-state index contributed by atoms with van der Waals surface area (Å²) in [5.74, 6) is 0.830.